The molecule has 1 nitrogen and oxygen atoms in total. The first kappa shape index (κ1) is 18.7. The fourth-order valence-electron chi connectivity index (χ4n) is 1.31. The van der Waals surface area contributed by atoms with Gasteiger partial charge in [0.2, 0.25) is 0 Å². The van der Waals surface area contributed by atoms with Crippen molar-refractivity contribution in [1.82, 2.24) is 4.98 Å². The predicted octanol–water partition coefficient (Wildman–Crippen LogP) is 4.96. The molecule has 0 aliphatic carbocycles. The summed E-state index contributed by atoms with van der Waals surface area (Å²) in [4.78, 5) is 5.99. The summed E-state index contributed by atoms with van der Waals surface area (Å²) in [7, 11) is 0. The van der Waals surface area contributed by atoms with Crippen LogP contribution in [0, 0.1) is 12.1 Å². The van der Waals surface area contributed by atoms with E-state index in [2.05, 4.69) is 79.2 Å². The van der Waals surface area contributed by atoms with Crippen LogP contribution in [0.4, 0.5) is 0 Å². The Balaban J connectivity index is 0.000000282. The molecule has 0 saturated heterocycles. The van der Waals surface area contributed by atoms with Crippen molar-refractivity contribution < 1.29 is 20.0 Å². The summed E-state index contributed by atoms with van der Waals surface area (Å²) in [6.45, 7) is 6.25. The van der Waals surface area contributed by atoms with Crippen LogP contribution in [0.3, 0.4) is 0 Å². The third kappa shape index (κ3) is 9.60. The molecular weight excluding hydrogens is 278 g/mol. The molecule has 0 amide bonds. The molecule has 0 saturated carbocycles. The molecule has 2 heteroatoms. The maximum atomic E-state index is 3.25. The third-order valence-corrected chi connectivity index (χ3v) is 1.99. The maximum Gasteiger partial charge on any atom is -0.0809 e. The smallest absolute Gasteiger partial charge is 0.0809 e. The number of rotatable bonds is 0. The molecule has 1 aromatic heterocycles. The molecule has 3 aromatic rings. The van der Waals surface area contributed by atoms with Crippen molar-refractivity contribution in [1.29, 1.82) is 0 Å². The monoisotopic (exact) mass is 300 g/mol. The van der Waals surface area contributed by atoms with E-state index in [1.165, 1.54) is 16.7 Å². The van der Waals surface area contributed by atoms with Crippen LogP contribution in [0.25, 0.3) is 10.8 Å². The van der Waals surface area contributed by atoms with Gasteiger partial charge in [-0.25, -0.2) is 0 Å². The Labute approximate surface area is 134 Å². The largest absolute Gasteiger partial charge is 0.484 e. The number of fused-ring (bicyclic) bond motifs is 1. The standard InChI is InChI=1S/C9H7.C4H4N.C4H9.CH2.Ti/c1-2-5-9-7-3-6-8(9)4-1;1-2-4-5-3-1;1-4(2)3;;/h1-7H;1-3,5H;1-3H3;1H2;/q3*-1;;. The van der Waals surface area contributed by atoms with E-state index < -0.39 is 0 Å². The summed E-state index contributed by atoms with van der Waals surface area (Å²) < 4.78 is 0. The Morgan fingerprint density at radius 2 is 1.75 bits per heavy atom. The Morgan fingerprint density at radius 1 is 1.10 bits per heavy atom. The number of benzene rings is 1. The number of aromatic nitrogens is 1. The van der Waals surface area contributed by atoms with Crippen molar-refractivity contribution in [3.8, 4) is 0 Å². The summed E-state index contributed by atoms with van der Waals surface area (Å²) in [5.74, 6) is 1.42. The van der Waals surface area contributed by atoms with E-state index in [1.807, 2.05) is 18.3 Å². The van der Waals surface area contributed by atoms with Crippen molar-refractivity contribution >= 4 is 15.6 Å². The minimum absolute atomic E-state index is 1.33. The van der Waals surface area contributed by atoms with Gasteiger partial charge in [0.15, 0.2) is 0 Å². The van der Waals surface area contributed by atoms with Gasteiger partial charge in [-0.05, 0) is 0 Å². The van der Waals surface area contributed by atoms with Crippen LogP contribution in [0.5, 0.6) is 0 Å². The zero-order valence-corrected chi connectivity index (χ0v) is 14.0. The number of H-pyrrole nitrogens is 1. The van der Waals surface area contributed by atoms with Gasteiger partial charge in [0.1, 0.15) is 0 Å². The molecule has 0 atom stereocenters. The zero-order valence-electron chi connectivity index (χ0n) is 12.5. The van der Waals surface area contributed by atoms with E-state index in [4.69, 9.17) is 0 Å². The fraction of sp³-hybridized carbons (Fsp3) is 0.167. The Morgan fingerprint density at radius 3 is 2.20 bits per heavy atom. The van der Waals surface area contributed by atoms with Gasteiger partial charge in [-0.2, -0.15) is 56.6 Å². The number of hydrogen-bond acceptors (Lipinski definition) is 0. The molecule has 0 bridgehead atoms. The van der Waals surface area contributed by atoms with E-state index in [1.54, 1.807) is 20.0 Å². The van der Waals surface area contributed by atoms with E-state index in [0.29, 0.717) is 0 Å². The molecule has 106 valence electrons. The molecule has 3 rings (SSSR count). The van der Waals surface area contributed by atoms with Gasteiger partial charge in [-0.1, -0.05) is 6.07 Å². The molecule has 0 unspecified atom stereocenters. The van der Waals surface area contributed by atoms with Crippen LogP contribution in [-0.4, -0.2) is 9.80 Å². The van der Waals surface area contributed by atoms with Crippen LogP contribution < -0.4 is 0 Å². The zero-order chi connectivity index (χ0) is 15.2. The van der Waals surface area contributed by atoms with Crippen molar-refractivity contribution in [3.63, 3.8) is 0 Å². The average Bonchev–Trinajstić information content (AvgIpc) is 3.15. The normalized spacial score (nSPS) is 8.55. The molecule has 0 aliphatic rings. The summed E-state index contributed by atoms with van der Waals surface area (Å²) in [6.07, 6.45) is 4.56. The molecule has 0 fully saturated rings. The van der Waals surface area contributed by atoms with Crippen molar-refractivity contribution in [3.05, 3.63) is 72.9 Å². The van der Waals surface area contributed by atoms with Gasteiger partial charge in [-0.15, -0.1) is 35.8 Å². The first-order chi connectivity index (χ1) is 9.70. The molecule has 20 heavy (non-hydrogen) atoms. The van der Waals surface area contributed by atoms with E-state index in [0.717, 1.165) is 0 Å². The van der Waals surface area contributed by atoms with Gasteiger partial charge < -0.3 is 10.9 Å². The van der Waals surface area contributed by atoms with Crippen molar-refractivity contribution in [2.45, 2.75) is 20.8 Å². The van der Waals surface area contributed by atoms with Crippen LogP contribution in [0.15, 0.2) is 60.8 Å². The minimum Gasteiger partial charge on any atom is -0.484 e. The summed E-state index contributed by atoms with van der Waals surface area (Å²) in [5.41, 5.74) is 0. The second kappa shape index (κ2) is 12.7. The Kier molecular flexibility index (Phi) is 11.9. The second-order valence-electron chi connectivity index (χ2n) is 4.47. The molecule has 0 aliphatic heterocycles. The first-order valence-corrected chi connectivity index (χ1v) is 7.52. The van der Waals surface area contributed by atoms with Crippen LogP contribution >= 0.6 is 0 Å². The van der Waals surface area contributed by atoms with Gasteiger partial charge >= 0.3 is 24.8 Å². The molecule has 0 radical (unpaired) electrons. The fourth-order valence-corrected chi connectivity index (χ4v) is 1.31. The van der Waals surface area contributed by atoms with Crippen LogP contribution in [0.1, 0.15) is 20.8 Å². The average molecular weight is 300 g/mol. The van der Waals surface area contributed by atoms with E-state index in [9.17, 15) is 0 Å². The number of nitrogens with one attached hydrogen (secondary N) is 1. The first-order valence-electron chi connectivity index (χ1n) is 6.42. The third-order valence-electron chi connectivity index (χ3n) is 1.99. The van der Waals surface area contributed by atoms with Crippen LogP contribution in [0.2, 0.25) is 0 Å². The van der Waals surface area contributed by atoms with Gasteiger partial charge in [0, 0.05) is 0 Å². The molecule has 2 aromatic carbocycles. The number of aromatic amines is 1. The summed E-state index contributed by atoms with van der Waals surface area (Å²) >= 11 is 1.75. The molecular formula is C18H22NTi-3. The van der Waals surface area contributed by atoms with Gasteiger partial charge in [0.05, 0.1) is 0 Å². The van der Waals surface area contributed by atoms with Crippen LogP contribution in [-0.2, 0) is 20.0 Å². The topological polar surface area (TPSA) is 15.8 Å². The second-order valence-corrected chi connectivity index (χ2v) is 4.47. The quantitative estimate of drug-likeness (QED) is 0.446. The van der Waals surface area contributed by atoms with Crippen molar-refractivity contribution in [2.75, 3.05) is 0 Å². The predicted molar refractivity (Wildman–Crippen MR) is 86.6 cm³/mol. The molecule has 1 N–H and O–H groups in total. The molecule has 0 spiro atoms. The maximum absolute atomic E-state index is 3.25. The molecule has 1 heterocycles. The Bertz CT molecular complexity index is 473. The SMILES string of the molecule is C[C-](C)C.[CH2]=[Ti].[c-]1ccc[nH]1.c1ccc2[cH-]ccc2c1. The van der Waals surface area contributed by atoms with E-state index in [-0.39, 0.29) is 0 Å². The van der Waals surface area contributed by atoms with Gasteiger partial charge in [0.25, 0.3) is 0 Å². The summed E-state index contributed by atoms with van der Waals surface area (Å²) in [6, 6.07) is 18.4. The summed E-state index contributed by atoms with van der Waals surface area (Å²) in [5, 5.41) is 2.66. The van der Waals surface area contributed by atoms with Crippen molar-refractivity contribution in [2.24, 2.45) is 0 Å². The van der Waals surface area contributed by atoms with Gasteiger partial charge in [-0.3, -0.25) is 0 Å². The minimum atomic E-state index is 1.33. The number of hydrogen-bond donors (Lipinski definition) is 1. The Hall–Kier alpha value is -1.31. The van der Waals surface area contributed by atoms with E-state index >= 15 is 0 Å².